The van der Waals surface area contributed by atoms with Gasteiger partial charge in [0.15, 0.2) is 0 Å². The normalized spacial score (nSPS) is 10.6. The third-order valence-corrected chi connectivity index (χ3v) is 3.36. The number of nitrogens with zero attached hydrogens (tertiary/aromatic N) is 2. The third-order valence-electron chi connectivity index (χ3n) is 2.83. The zero-order valence-electron chi connectivity index (χ0n) is 10.6. The second-order valence-electron chi connectivity index (χ2n) is 4.28. The zero-order valence-corrected chi connectivity index (χ0v) is 12.2. The molecule has 0 atom stereocenters. The molecule has 0 unspecified atom stereocenters. The fraction of sp³-hybridized carbons (Fsp3) is 0.357. The predicted molar refractivity (Wildman–Crippen MR) is 78.6 cm³/mol. The van der Waals surface area contributed by atoms with Crippen LogP contribution < -0.4 is 5.32 Å². The van der Waals surface area contributed by atoms with Crippen LogP contribution in [0.4, 0.5) is 5.95 Å². The van der Waals surface area contributed by atoms with E-state index in [0.29, 0.717) is 0 Å². The molecule has 0 saturated heterocycles. The van der Waals surface area contributed by atoms with Gasteiger partial charge in [0.05, 0.1) is 0 Å². The average Bonchev–Trinajstić information content (AvgIpc) is 2.83. The molecule has 0 spiro atoms. The fourth-order valence-electron chi connectivity index (χ4n) is 1.77. The summed E-state index contributed by atoms with van der Waals surface area (Å²) in [7, 11) is 0. The Morgan fingerprint density at radius 3 is 2.78 bits per heavy atom. The molecule has 2 rings (SSSR count). The van der Waals surface area contributed by atoms with Gasteiger partial charge in [-0.25, -0.2) is 4.98 Å². The molecule has 0 aliphatic heterocycles. The lowest BCUT2D eigenvalue weighted by Crippen LogP contribution is -2.07. The van der Waals surface area contributed by atoms with Crippen LogP contribution in [0.15, 0.2) is 41.1 Å². The number of benzene rings is 1. The Kier molecular flexibility index (Phi) is 4.81. The molecule has 0 saturated carbocycles. The highest BCUT2D eigenvalue weighted by molar-refractivity contribution is 9.10. The number of hydrogen-bond donors (Lipinski definition) is 1. The van der Waals surface area contributed by atoms with Crippen LogP contribution in [0.2, 0.25) is 0 Å². The van der Waals surface area contributed by atoms with Crippen LogP contribution in [0.1, 0.15) is 25.3 Å². The lowest BCUT2D eigenvalue weighted by molar-refractivity contribution is 0.635. The molecule has 1 heterocycles. The summed E-state index contributed by atoms with van der Waals surface area (Å²) in [5.41, 5.74) is 1.25. The predicted octanol–water partition coefficient (Wildman–Crippen LogP) is 4.06. The van der Waals surface area contributed by atoms with Gasteiger partial charge in [0.25, 0.3) is 0 Å². The van der Waals surface area contributed by atoms with Gasteiger partial charge in [-0.05, 0) is 24.1 Å². The Morgan fingerprint density at radius 2 is 2.06 bits per heavy atom. The average molecular weight is 308 g/mol. The summed E-state index contributed by atoms with van der Waals surface area (Å²) in [5, 5.41) is 3.37. The maximum absolute atomic E-state index is 4.34. The summed E-state index contributed by atoms with van der Waals surface area (Å²) in [6.45, 7) is 4.03. The van der Waals surface area contributed by atoms with Crippen LogP contribution in [0, 0.1) is 0 Å². The van der Waals surface area contributed by atoms with Crippen molar-refractivity contribution in [2.75, 3.05) is 5.32 Å². The largest absolute Gasteiger partial charge is 0.352 e. The lowest BCUT2D eigenvalue weighted by atomic mass is 10.2. The Labute approximate surface area is 116 Å². The molecule has 1 N–H and O–H groups in total. The quantitative estimate of drug-likeness (QED) is 0.872. The number of rotatable bonds is 6. The highest BCUT2D eigenvalue weighted by atomic mass is 79.9. The van der Waals surface area contributed by atoms with E-state index < -0.39 is 0 Å². The monoisotopic (exact) mass is 307 g/mol. The van der Waals surface area contributed by atoms with Crippen LogP contribution in [0.25, 0.3) is 0 Å². The highest BCUT2D eigenvalue weighted by Crippen LogP contribution is 2.12. The first kappa shape index (κ1) is 13.1. The van der Waals surface area contributed by atoms with E-state index in [1.165, 1.54) is 18.4 Å². The minimum absolute atomic E-state index is 0.802. The van der Waals surface area contributed by atoms with Gasteiger partial charge in [0, 0.05) is 30.0 Å². The van der Waals surface area contributed by atoms with Crippen molar-refractivity contribution < 1.29 is 0 Å². The van der Waals surface area contributed by atoms with Crippen LogP contribution in [0.3, 0.4) is 0 Å². The molecule has 4 heteroatoms. The van der Waals surface area contributed by atoms with Crippen LogP contribution in [-0.2, 0) is 13.1 Å². The molecule has 0 bridgehead atoms. The van der Waals surface area contributed by atoms with Crippen molar-refractivity contribution >= 4 is 21.9 Å². The van der Waals surface area contributed by atoms with Gasteiger partial charge in [0.2, 0.25) is 5.95 Å². The van der Waals surface area contributed by atoms with Crippen molar-refractivity contribution in [3.05, 3.63) is 46.7 Å². The Morgan fingerprint density at radius 1 is 1.28 bits per heavy atom. The van der Waals surface area contributed by atoms with E-state index in [-0.39, 0.29) is 0 Å². The number of aryl methyl sites for hydroxylation is 1. The molecule has 0 radical (unpaired) electrons. The van der Waals surface area contributed by atoms with Gasteiger partial charge in [-0.15, -0.1) is 0 Å². The Bertz CT molecular complexity index is 476. The van der Waals surface area contributed by atoms with E-state index >= 15 is 0 Å². The highest BCUT2D eigenvalue weighted by Gasteiger charge is 2.01. The minimum Gasteiger partial charge on any atom is -0.352 e. The molecule has 1 aromatic carbocycles. The van der Waals surface area contributed by atoms with Gasteiger partial charge in [-0.1, -0.05) is 41.4 Å². The molecular formula is C14H18BrN3. The second kappa shape index (κ2) is 6.59. The molecule has 18 heavy (non-hydrogen) atoms. The van der Waals surface area contributed by atoms with E-state index in [9.17, 15) is 0 Å². The van der Waals surface area contributed by atoms with Crippen molar-refractivity contribution in [3.8, 4) is 0 Å². The number of unbranched alkanes of at least 4 members (excludes halogenated alkanes) is 1. The Hall–Kier alpha value is -1.29. The zero-order chi connectivity index (χ0) is 12.8. The molecule has 3 nitrogen and oxygen atoms in total. The van der Waals surface area contributed by atoms with Crippen molar-refractivity contribution in [2.24, 2.45) is 0 Å². The van der Waals surface area contributed by atoms with Crippen LogP contribution in [-0.4, -0.2) is 9.55 Å². The molecule has 0 aliphatic rings. The molecule has 1 aromatic heterocycles. The summed E-state index contributed by atoms with van der Waals surface area (Å²) >= 11 is 3.44. The molecule has 96 valence electrons. The molecule has 0 fully saturated rings. The minimum atomic E-state index is 0.802. The summed E-state index contributed by atoms with van der Waals surface area (Å²) in [5.74, 6) is 0.950. The van der Waals surface area contributed by atoms with E-state index in [2.05, 4.69) is 62.0 Å². The van der Waals surface area contributed by atoms with E-state index in [4.69, 9.17) is 0 Å². The SMILES string of the molecule is CCCCn1ccnc1NCc1ccc(Br)cc1. The van der Waals surface area contributed by atoms with Crippen LogP contribution in [0.5, 0.6) is 0 Å². The van der Waals surface area contributed by atoms with Crippen molar-refractivity contribution in [1.82, 2.24) is 9.55 Å². The van der Waals surface area contributed by atoms with Crippen molar-refractivity contribution in [1.29, 1.82) is 0 Å². The van der Waals surface area contributed by atoms with Gasteiger partial charge in [0.1, 0.15) is 0 Å². The van der Waals surface area contributed by atoms with E-state index in [0.717, 1.165) is 23.5 Å². The number of halogens is 1. The number of imidazole rings is 1. The second-order valence-corrected chi connectivity index (χ2v) is 5.19. The van der Waals surface area contributed by atoms with Gasteiger partial charge < -0.3 is 9.88 Å². The number of hydrogen-bond acceptors (Lipinski definition) is 2. The first-order valence-corrected chi connectivity index (χ1v) is 7.08. The maximum atomic E-state index is 4.34. The standard InChI is InChI=1S/C14H18BrN3/c1-2-3-9-18-10-8-16-14(18)17-11-12-4-6-13(15)7-5-12/h4-8,10H,2-3,9,11H2,1H3,(H,16,17). The lowest BCUT2D eigenvalue weighted by Gasteiger charge is -2.09. The smallest absolute Gasteiger partial charge is 0.203 e. The first-order chi connectivity index (χ1) is 8.79. The van der Waals surface area contributed by atoms with Crippen LogP contribution >= 0.6 is 15.9 Å². The van der Waals surface area contributed by atoms with Gasteiger partial charge in [-0.2, -0.15) is 0 Å². The number of nitrogens with one attached hydrogen (secondary N) is 1. The summed E-state index contributed by atoms with van der Waals surface area (Å²) < 4.78 is 3.28. The van der Waals surface area contributed by atoms with E-state index in [1.54, 1.807) is 0 Å². The molecule has 0 amide bonds. The number of anilines is 1. The molecular weight excluding hydrogens is 290 g/mol. The molecule has 0 aliphatic carbocycles. The van der Waals surface area contributed by atoms with Crippen molar-refractivity contribution in [3.63, 3.8) is 0 Å². The maximum Gasteiger partial charge on any atom is 0.203 e. The van der Waals surface area contributed by atoms with Gasteiger partial charge in [-0.3, -0.25) is 0 Å². The summed E-state index contributed by atoms with van der Waals surface area (Å²) in [4.78, 5) is 4.34. The van der Waals surface area contributed by atoms with E-state index in [1.807, 2.05) is 12.4 Å². The first-order valence-electron chi connectivity index (χ1n) is 6.29. The Balaban J connectivity index is 1.93. The summed E-state index contributed by atoms with van der Waals surface area (Å²) in [6, 6.07) is 8.33. The molecule has 2 aromatic rings. The van der Waals surface area contributed by atoms with Gasteiger partial charge >= 0.3 is 0 Å². The van der Waals surface area contributed by atoms with Crippen molar-refractivity contribution in [2.45, 2.75) is 32.9 Å². The number of aromatic nitrogens is 2. The fourth-order valence-corrected chi connectivity index (χ4v) is 2.03. The topological polar surface area (TPSA) is 29.9 Å². The third kappa shape index (κ3) is 3.60. The summed E-state index contributed by atoms with van der Waals surface area (Å²) in [6.07, 6.45) is 6.26.